The van der Waals surface area contributed by atoms with E-state index in [-0.39, 0.29) is 35.0 Å². The van der Waals surface area contributed by atoms with Crippen LogP contribution in [0.5, 0.6) is 0 Å². The molecule has 0 spiro atoms. The summed E-state index contributed by atoms with van der Waals surface area (Å²) in [5.41, 5.74) is 4.82. The second kappa shape index (κ2) is 10.3. The van der Waals surface area contributed by atoms with Crippen LogP contribution in [0, 0.1) is 25.7 Å². The first-order valence-corrected chi connectivity index (χ1v) is 13.9. The number of sulfone groups is 1. The molecule has 2 aliphatic rings. The highest BCUT2D eigenvalue weighted by Gasteiger charge is 2.30. The number of nitrogens with zero attached hydrogens (tertiary/aromatic N) is 1. The van der Waals surface area contributed by atoms with Gasteiger partial charge in [0, 0.05) is 31.1 Å². The molecular formula is C26H41NO4S. The lowest BCUT2D eigenvalue weighted by molar-refractivity contribution is -0.123. The Kier molecular flexibility index (Phi) is 8.08. The highest BCUT2D eigenvalue weighted by Crippen LogP contribution is 2.33. The predicted molar refractivity (Wildman–Crippen MR) is 131 cm³/mol. The van der Waals surface area contributed by atoms with Crippen molar-refractivity contribution in [3.63, 3.8) is 0 Å². The summed E-state index contributed by atoms with van der Waals surface area (Å²) in [7, 11) is -3.01. The van der Waals surface area contributed by atoms with Gasteiger partial charge in [0.1, 0.15) is 5.78 Å². The second-order valence-electron chi connectivity index (χ2n) is 10.4. The summed E-state index contributed by atoms with van der Waals surface area (Å²) in [6.07, 6.45) is 4.21. The molecule has 5 nitrogen and oxygen atoms in total. The first kappa shape index (κ1) is 25.2. The molecule has 0 amide bonds. The molecule has 0 N–H and O–H groups in total. The Labute approximate surface area is 194 Å². The van der Waals surface area contributed by atoms with Gasteiger partial charge in [0.05, 0.1) is 23.2 Å². The van der Waals surface area contributed by atoms with E-state index in [0.29, 0.717) is 12.2 Å². The highest BCUT2D eigenvalue weighted by molar-refractivity contribution is 7.91. The molecule has 2 fully saturated rings. The number of ether oxygens (including phenoxy) is 1. The molecule has 0 unspecified atom stereocenters. The van der Waals surface area contributed by atoms with Crippen LogP contribution in [0.4, 0.5) is 5.69 Å². The molecule has 1 aliphatic heterocycles. The summed E-state index contributed by atoms with van der Waals surface area (Å²) >= 11 is 0. The number of carbonyl (C=O) groups excluding carboxylic acids is 1. The Balaban J connectivity index is 1.61. The smallest absolute Gasteiger partial charge is 0.152 e. The van der Waals surface area contributed by atoms with E-state index in [0.717, 1.165) is 44.3 Å². The van der Waals surface area contributed by atoms with Crippen molar-refractivity contribution in [2.45, 2.75) is 91.1 Å². The van der Waals surface area contributed by atoms with Gasteiger partial charge in [0.25, 0.3) is 0 Å². The molecule has 0 bridgehead atoms. The van der Waals surface area contributed by atoms with Crippen molar-refractivity contribution in [2.24, 2.45) is 11.8 Å². The van der Waals surface area contributed by atoms with Crippen molar-refractivity contribution >= 4 is 21.3 Å². The van der Waals surface area contributed by atoms with Crippen LogP contribution in [-0.4, -0.2) is 50.5 Å². The van der Waals surface area contributed by atoms with Crippen LogP contribution in [-0.2, 0) is 25.8 Å². The Morgan fingerprint density at radius 2 is 1.62 bits per heavy atom. The number of morpholine rings is 1. The molecule has 1 aromatic carbocycles. The lowest BCUT2D eigenvalue weighted by Crippen LogP contribution is -2.45. The maximum Gasteiger partial charge on any atom is 0.152 e. The third kappa shape index (κ3) is 5.93. The minimum Gasteiger partial charge on any atom is -0.372 e. The standard InChI is InChI=1S/C26H41NO4S/c1-17(2)32(29,30)16-22-7-9-23(10-8-22)26(28)13-24-11-12-25(21(6)20(24)5)27-14-18(3)31-19(4)15-27/h11-12,17-19,22-23H,7-10,13-16H2,1-6H3/t18-,19+,22?,23?. The van der Waals surface area contributed by atoms with Gasteiger partial charge in [0.2, 0.25) is 0 Å². The topological polar surface area (TPSA) is 63.7 Å². The summed E-state index contributed by atoms with van der Waals surface area (Å²) in [6.45, 7) is 13.8. The molecule has 3 rings (SSSR count). The fraction of sp³-hybridized carbons (Fsp3) is 0.731. The second-order valence-corrected chi connectivity index (χ2v) is 13.0. The van der Waals surface area contributed by atoms with Gasteiger partial charge in [-0.1, -0.05) is 6.07 Å². The summed E-state index contributed by atoms with van der Waals surface area (Å²) in [5, 5.41) is -0.320. The first-order valence-electron chi connectivity index (χ1n) is 12.2. The lowest BCUT2D eigenvalue weighted by Gasteiger charge is -2.38. The van der Waals surface area contributed by atoms with Gasteiger partial charge in [-0.05, 0) is 95.9 Å². The number of carbonyl (C=O) groups is 1. The lowest BCUT2D eigenvalue weighted by atomic mass is 9.79. The molecule has 2 atom stereocenters. The first-order chi connectivity index (χ1) is 15.0. The molecule has 32 heavy (non-hydrogen) atoms. The van der Waals surface area contributed by atoms with Crippen LogP contribution in [0.15, 0.2) is 12.1 Å². The normalized spacial score (nSPS) is 27.0. The summed E-state index contributed by atoms with van der Waals surface area (Å²) in [6, 6.07) is 4.30. The van der Waals surface area contributed by atoms with Crippen molar-refractivity contribution in [2.75, 3.05) is 23.7 Å². The van der Waals surface area contributed by atoms with Crippen LogP contribution >= 0.6 is 0 Å². The van der Waals surface area contributed by atoms with Crippen molar-refractivity contribution < 1.29 is 17.9 Å². The van der Waals surface area contributed by atoms with E-state index in [2.05, 4.69) is 44.7 Å². The fourth-order valence-corrected chi connectivity index (χ4v) is 6.65. The molecular weight excluding hydrogens is 422 g/mol. The molecule has 1 aromatic rings. The molecule has 1 saturated heterocycles. The minimum atomic E-state index is -3.01. The quantitative estimate of drug-likeness (QED) is 0.589. The molecule has 0 aromatic heterocycles. The van der Waals surface area contributed by atoms with Crippen molar-refractivity contribution in [1.29, 1.82) is 0 Å². The summed E-state index contributed by atoms with van der Waals surface area (Å²) in [4.78, 5) is 15.5. The number of rotatable bonds is 7. The van der Waals surface area contributed by atoms with Gasteiger partial charge in [-0.2, -0.15) is 0 Å². The summed E-state index contributed by atoms with van der Waals surface area (Å²) in [5.74, 6) is 0.838. The van der Waals surface area contributed by atoms with Crippen molar-refractivity contribution in [3.8, 4) is 0 Å². The zero-order valence-electron chi connectivity index (χ0n) is 20.7. The Morgan fingerprint density at radius 1 is 1.03 bits per heavy atom. The molecule has 180 valence electrons. The van der Waals surface area contributed by atoms with Crippen LogP contribution in [0.25, 0.3) is 0 Å². The zero-order valence-corrected chi connectivity index (χ0v) is 21.5. The average molecular weight is 464 g/mol. The van der Waals surface area contributed by atoms with E-state index < -0.39 is 9.84 Å². The van der Waals surface area contributed by atoms with Crippen LogP contribution in [0.3, 0.4) is 0 Å². The van der Waals surface area contributed by atoms with E-state index in [1.54, 1.807) is 13.8 Å². The van der Waals surface area contributed by atoms with Crippen molar-refractivity contribution in [3.05, 3.63) is 28.8 Å². The third-order valence-corrected chi connectivity index (χ3v) is 9.86. The van der Waals surface area contributed by atoms with Gasteiger partial charge in [-0.15, -0.1) is 0 Å². The number of anilines is 1. The van der Waals surface area contributed by atoms with E-state index in [1.165, 1.54) is 16.8 Å². The minimum absolute atomic E-state index is 0.0633. The van der Waals surface area contributed by atoms with E-state index in [4.69, 9.17) is 4.74 Å². The Hall–Kier alpha value is -1.40. The molecule has 1 aliphatic carbocycles. The van der Waals surface area contributed by atoms with Crippen molar-refractivity contribution in [1.82, 2.24) is 0 Å². The van der Waals surface area contributed by atoms with E-state index >= 15 is 0 Å². The van der Waals surface area contributed by atoms with Gasteiger partial charge in [-0.25, -0.2) is 8.42 Å². The van der Waals surface area contributed by atoms with Gasteiger partial charge in [-0.3, -0.25) is 4.79 Å². The van der Waals surface area contributed by atoms with Crippen LogP contribution < -0.4 is 4.90 Å². The summed E-state index contributed by atoms with van der Waals surface area (Å²) < 4.78 is 30.3. The third-order valence-electron chi connectivity index (χ3n) is 7.48. The fourth-order valence-electron chi connectivity index (χ4n) is 5.28. The SMILES string of the molecule is Cc1c(CC(=O)C2CCC(CS(=O)(=O)C(C)C)CC2)ccc(N2C[C@@H](C)O[C@@H](C)C2)c1C. The van der Waals surface area contributed by atoms with Gasteiger partial charge < -0.3 is 9.64 Å². The maximum atomic E-state index is 13.1. The van der Waals surface area contributed by atoms with Crippen LogP contribution in [0.1, 0.15) is 70.1 Å². The number of hydrogen-bond acceptors (Lipinski definition) is 5. The van der Waals surface area contributed by atoms with Gasteiger partial charge >= 0.3 is 0 Å². The van der Waals surface area contributed by atoms with Crippen LogP contribution in [0.2, 0.25) is 0 Å². The molecule has 6 heteroatoms. The molecule has 1 saturated carbocycles. The molecule has 0 radical (unpaired) electrons. The van der Waals surface area contributed by atoms with E-state index in [9.17, 15) is 13.2 Å². The Bertz CT molecular complexity index is 906. The van der Waals surface area contributed by atoms with E-state index in [1.807, 2.05) is 0 Å². The maximum absolute atomic E-state index is 13.1. The monoisotopic (exact) mass is 463 g/mol. The number of Topliss-reactive ketones (excluding diaryl/α,β-unsaturated/α-hetero) is 1. The van der Waals surface area contributed by atoms with Gasteiger partial charge in [0.15, 0.2) is 9.84 Å². The highest BCUT2D eigenvalue weighted by atomic mass is 32.2. The predicted octanol–water partition coefficient (Wildman–Crippen LogP) is 4.66. The number of hydrogen-bond donors (Lipinski definition) is 0. The average Bonchev–Trinajstić information content (AvgIpc) is 2.71. The number of ketones is 1. The Morgan fingerprint density at radius 3 is 2.19 bits per heavy atom. The number of benzene rings is 1. The zero-order chi connectivity index (χ0) is 23.6. The molecule has 1 heterocycles. The largest absolute Gasteiger partial charge is 0.372 e.